The van der Waals surface area contributed by atoms with Gasteiger partial charge >= 0.3 is 0 Å². The van der Waals surface area contributed by atoms with E-state index >= 15 is 0 Å². The number of aryl methyl sites for hydroxylation is 1. The number of para-hydroxylation sites is 1. The zero-order valence-electron chi connectivity index (χ0n) is 18.9. The number of hydrogen-bond acceptors (Lipinski definition) is 4. The van der Waals surface area contributed by atoms with E-state index in [4.69, 9.17) is 5.41 Å². The average molecular weight is 567 g/mol. The molecule has 0 bridgehead atoms. The van der Waals surface area contributed by atoms with E-state index in [0.717, 1.165) is 47.0 Å². The van der Waals surface area contributed by atoms with E-state index in [1.807, 2.05) is 19.1 Å². The quantitative estimate of drug-likeness (QED) is 0.164. The Kier molecular flexibility index (Phi) is 7.56. The molecule has 4 rings (SSSR count). The molecule has 8 heteroatoms. The molecule has 174 valence electrons. The minimum absolute atomic E-state index is 0.313. The van der Waals surface area contributed by atoms with Gasteiger partial charge in [0.05, 0.1) is 11.3 Å². The van der Waals surface area contributed by atoms with Crippen LogP contribution in [0.4, 0.5) is 11.5 Å². The summed E-state index contributed by atoms with van der Waals surface area (Å²) < 4.78 is 0.841. The number of anilines is 2. The van der Waals surface area contributed by atoms with Crippen molar-refractivity contribution in [1.29, 1.82) is 5.41 Å². The predicted octanol–water partition coefficient (Wildman–Crippen LogP) is 5.25. The Morgan fingerprint density at radius 1 is 0.971 bits per heavy atom. The van der Waals surface area contributed by atoms with Crippen molar-refractivity contribution in [3.8, 4) is 0 Å². The molecule has 34 heavy (non-hydrogen) atoms. The number of amides is 2. The number of halogens is 1. The summed E-state index contributed by atoms with van der Waals surface area (Å²) in [6.07, 6.45) is 3.94. The average Bonchev–Trinajstić information content (AvgIpc) is 3.40. The Morgan fingerprint density at radius 2 is 1.68 bits per heavy atom. The number of carbonyl (C=O) groups excluding carboxylic acids is 2. The molecule has 1 saturated heterocycles. The Hall–Kier alpha value is -3.27. The van der Waals surface area contributed by atoms with Gasteiger partial charge in [-0.25, -0.2) is 4.98 Å². The predicted molar refractivity (Wildman–Crippen MR) is 143 cm³/mol. The maximum Gasteiger partial charge on any atom is 0.258 e. The highest BCUT2D eigenvalue weighted by molar-refractivity contribution is 14.1. The van der Waals surface area contributed by atoms with Crippen LogP contribution in [-0.2, 0) is 4.43 Å². The number of rotatable bonds is 6. The van der Waals surface area contributed by atoms with Crippen LogP contribution in [0.25, 0.3) is 0 Å². The molecule has 2 heterocycles. The monoisotopic (exact) mass is 567 g/mol. The molecule has 0 saturated carbocycles. The van der Waals surface area contributed by atoms with Crippen LogP contribution in [0.5, 0.6) is 0 Å². The fourth-order valence-electron chi connectivity index (χ4n) is 3.87. The van der Waals surface area contributed by atoms with Crippen LogP contribution in [-0.4, -0.2) is 40.6 Å². The fourth-order valence-corrected chi connectivity index (χ4v) is 4.32. The largest absolute Gasteiger partial charge is 0.357 e. The van der Waals surface area contributed by atoms with Gasteiger partial charge in [0, 0.05) is 34.8 Å². The minimum Gasteiger partial charge on any atom is -0.357 e. The molecular formula is C26H26IN5O2. The van der Waals surface area contributed by atoms with Crippen molar-refractivity contribution >= 4 is 51.7 Å². The first-order chi connectivity index (χ1) is 16.5. The van der Waals surface area contributed by atoms with Crippen molar-refractivity contribution < 1.29 is 9.59 Å². The van der Waals surface area contributed by atoms with Crippen LogP contribution in [0, 0.1) is 12.3 Å². The molecule has 3 aromatic rings. The maximum absolute atomic E-state index is 13.0. The Bertz CT molecular complexity index is 1200. The molecule has 1 fully saturated rings. The highest BCUT2D eigenvalue weighted by Gasteiger charge is 2.19. The van der Waals surface area contributed by atoms with Crippen molar-refractivity contribution in [2.24, 2.45) is 0 Å². The molecule has 0 unspecified atom stereocenters. The topological polar surface area (TPSA) is 98.2 Å². The van der Waals surface area contributed by atoms with Crippen molar-refractivity contribution in [2.45, 2.75) is 24.2 Å². The smallest absolute Gasteiger partial charge is 0.258 e. The second-order valence-electron chi connectivity index (χ2n) is 8.21. The molecule has 0 radical (unpaired) electrons. The van der Waals surface area contributed by atoms with Gasteiger partial charge in [-0.1, -0.05) is 52.9 Å². The zero-order valence-corrected chi connectivity index (χ0v) is 21.1. The van der Waals surface area contributed by atoms with Crippen LogP contribution >= 0.6 is 22.6 Å². The third-order valence-electron chi connectivity index (χ3n) is 5.82. The Morgan fingerprint density at radius 3 is 2.32 bits per heavy atom. The summed E-state index contributed by atoms with van der Waals surface area (Å²) in [6.45, 7) is 3.65. The standard InChI is InChI=1S/C26H26IN5O2/c1-17-5-4-6-21(26(34)30-22-12-7-18(15-27)16-29-22)23(17)31-25(33)20-10-8-19(9-11-20)24(28)32-13-2-3-14-32/h4-12,16,28H,2-3,13-15H2,1H3,(H,31,33)(H,29,30,34). The lowest BCUT2D eigenvalue weighted by Gasteiger charge is -2.18. The summed E-state index contributed by atoms with van der Waals surface area (Å²) >= 11 is 2.26. The number of benzene rings is 2. The number of nitrogens with zero attached hydrogens (tertiary/aromatic N) is 2. The Balaban J connectivity index is 1.49. The molecule has 1 aliphatic rings. The zero-order chi connectivity index (χ0) is 24.1. The molecule has 0 spiro atoms. The minimum atomic E-state index is -0.344. The molecule has 0 aliphatic carbocycles. The number of pyridine rings is 1. The number of aromatic nitrogens is 1. The summed E-state index contributed by atoms with van der Waals surface area (Å²) in [6, 6.07) is 16.0. The maximum atomic E-state index is 13.0. The number of alkyl halides is 1. The fraction of sp³-hybridized carbons (Fsp3) is 0.231. The molecule has 2 aromatic carbocycles. The SMILES string of the molecule is Cc1cccc(C(=O)Nc2ccc(CI)cn2)c1NC(=O)c1ccc(C(=N)N2CCCC2)cc1. The van der Waals surface area contributed by atoms with Gasteiger partial charge in [-0.05, 0) is 55.2 Å². The summed E-state index contributed by atoms with van der Waals surface area (Å²) in [5, 5.41) is 14.1. The molecule has 3 N–H and O–H groups in total. The van der Waals surface area contributed by atoms with E-state index in [0.29, 0.717) is 28.5 Å². The van der Waals surface area contributed by atoms with Crippen LogP contribution in [0.1, 0.15) is 50.2 Å². The van der Waals surface area contributed by atoms with Gasteiger partial charge < -0.3 is 15.5 Å². The van der Waals surface area contributed by atoms with Gasteiger partial charge in [0.1, 0.15) is 11.7 Å². The lowest BCUT2D eigenvalue weighted by atomic mass is 10.1. The molecule has 1 aliphatic heterocycles. The summed E-state index contributed by atoms with van der Waals surface area (Å²) in [5.41, 5.74) is 3.92. The second-order valence-corrected chi connectivity index (χ2v) is 8.97. The lowest BCUT2D eigenvalue weighted by Crippen LogP contribution is -2.27. The first-order valence-corrected chi connectivity index (χ1v) is 12.7. The van der Waals surface area contributed by atoms with Gasteiger partial charge in [-0.2, -0.15) is 0 Å². The Labute approximate surface area is 212 Å². The molecular weight excluding hydrogens is 541 g/mol. The van der Waals surface area contributed by atoms with Crippen LogP contribution in [0.2, 0.25) is 0 Å². The molecule has 0 atom stereocenters. The number of carbonyl (C=O) groups is 2. The molecule has 1 aromatic heterocycles. The van der Waals surface area contributed by atoms with Crippen molar-refractivity contribution in [2.75, 3.05) is 23.7 Å². The van der Waals surface area contributed by atoms with E-state index in [9.17, 15) is 9.59 Å². The first-order valence-electron chi connectivity index (χ1n) is 11.1. The van der Waals surface area contributed by atoms with Gasteiger partial charge in [0.25, 0.3) is 11.8 Å². The third-order valence-corrected chi connectivity index (χ3v) is 6.70. The van der Waals surface area contributed by atoms with Crippen LogP contribution in [0.15, 0.2) is 60.8 Å². The summed E-state index contributed by atoms with van der Waals surface area (Å²) in [4.78, 5) is 32.3. The van der Waals surface area contributed by atoms with Crippen molar-refractivity contribution in [3.63, 3.8) is 0 Å². The van der Waals surface area contributed by atoms with E-state index in [1.54, 1.807) is 48.7 Å². The first kappa shape index (κ1) is 23.9. The third kappa shape index (κ3) is 5.44. The molecule has 7 nitrogen and oxygen atoms in total. The van der Waals surface area contributed by atoms with Crippen molar-refractivity contribution in [3.05, 3.63) is 88.6 Å². The van der Waals surface area contributed by atoms with E-state index in [-0.39, 0.29) is 11.8 Å². The van der Waals surface area contributed by atoms with Gasteiger partial charge in [0.2, 0.25) is 0 Å². The number of amidine groups is 1. The number of nitrogens with one attached hydrogen (secondary N) is 3. The summed E-state index contributed by atoms with van der Waals surface area (Å²) in [7, 11) is 0. The van der Waals surface area contributed by atoms with E-state index in [2.05, 4.69) is 43.1 Å². The van der Waals surface area contributed by atoms with Crippen molar-refractivity contribution in [1.82, 2.24) is 9.88 Å². The number of likely N-dealkylation sites (tertiary alicyclic amines) is 1. The van der Waals surface area contributed by atoms with Gasteiger partial charge in [-0.15, -0.1) is 0 Å². The van der Waals surface area contributed by atoms with Gasteiger partial charge in [0.15, 0.2) is 0 Å². The lowest BCUT2D eigenvalue weighted by molar-refractivity contribution is 0.102. The van der Waals surface area contributed by atoms with E-state index < -0.39 is 0 Å². The van der Waals surface area contributed by atoms with Crippen LogP contribution in [0.3, 0.4) is 0 Å². The normalized spacial score (nSPS) is 12.9. The van der Waals surface area contributed by atoms with Gasteiger partial charge in [-0.3, -0.25) is 15.0 Å². The second kappa shape index (κ2) is 10.8. The van der Waals surface area contributed by atoms with Crippen LogP contribution < -0.4 is 10.6 Å². The highest BCUT2D eigenvalue weighted by atomic mass is 127. The van der Waals surface area contributed by atoms with E-state index in [1.165, 1.54) is 0 Å². The highest BCUT2D eigenvalue weighted by Crippen LogP contribution is 2.23. The number of hydrogen-bond donors (Lipinski definition) is 3. The molecule has 2 amide bonds. The summed E-state index contributed by atoms with van der Waals surface area (Å²) in [5.74, 6) is 0.283.